The fraction of sp³-hybridized carbons (Fsp3) is 0.500. The molecule has 1 heterocycles. The van der Waals surface area contributed by atoms with Gasteiger partial charge in [0.15, 0.2) is 5.82 Å². The van der Waals surface area contributed by atoms with E-state index < -0.39 is 12.7 Å². The molecule has 90 valence electrons. The topological polar surface area (TPSA) is 42.2 Å². The summed E-state index contributed by atoms with van der Waals surface area (Å²) in [6.45, 7) is 2.52. The van der Waals surface area contributed by atoms with Crippen LogP contribution in [0.4, 0.5) is 24.7 Å². The van der Waals surface area contributed by atoms with Gasteiger partial charge < -0.3 is 10.6 Å². The van der Waals surface area contributed by atoms with E-state index in [9.17, 15) is 13.2 Å². The quantitative estimate of drug-likeness (QED) is 0.871. The molecule has 1 rings (SSSR count). The van der Waals surface area contributed by atoms with Crippen molar-refractivity contribution in [1.29, 1.82) is 0 Å². The van der Waals surface area contributed by atoms with Crippen LogP contribution in [0.2, 0.25) is 0 Å². The summed E-state index contributed by atoms with van der Waals surface area (Å²) < 4.78 is 36.9. The third-order valence-corrected chi connectivity index (χ3v) is 2.10. The van der Waals surface area contributed by atoms with E-state index in [4.69, 9.17) is 5.73 Å². The van der Waals surface area contributed by atoms with Gasteiger partial charge in [-0.05, 0) is 26.0 Å². The van der Waals surface area contributed by atoms with Crippen molar-refractivity contribution in [1.82, 2.24) is 4.98 Å². The number of pyridine rings is 1. The molecule has 0 spiro atoms. The van der Waals surface area contributed by atoms with Gasteiger partial charge in [0.1, 0.15) is 6.54 Å². The van der Waals surface area contributed by atoms with Crippen LogP contribution in [0, 0.1) is 6.92 Å². The van der Waals surface area contributed by atoms with Crippen molar-refractivity contribution < 1.29 is 13.2 Å². The fourth-order valence-corrected chi connectivity index (χ4v) is 1.36. The second-order valence-electron chi connectivity index (χ2n) is 3.49. The van der Waals surface area contributed by atoms with E-state index >= 15 is 0 Å². The molecule has 0 aliphatic heterocycles. The van der Waals surface area contributed by atoms with Crippen molar-refractivity contribution in [3.8, 4) is 0 Å². The Bertz CT molecular complexity index is 363. The lowest BCUT2D eigenvalue weighted by Gasteiger charge is -2.24. The number of halogens is 3. The summed E-state index contributed by atoms with van der Waals surface area (Å²) in [7, 11) is 0. The number of anilines is 2. The molecular formula is C10H14F3N3. The Labute approximate surface area is 92.1 Å². The summed E-state index contributed by atoms with van der Waals surface area (Å²) in [6.07, 6.45) is -4.26. The molecule has 6 heteroatoms. The molecule has 0 aliphatic rings. The van der Waals surface area contributed by atoms with Gasteiger partial charge in [-0.3, -0.25) is 0 Å². The Morgan fingerprint density at radius 2 is 2.00 bits per heavy atom. The van der Waals surface area contributed by atoms with Crippen LogP contribution in [-0.4, -0.2) is 24.2 Å². The molecular weight excluding hydrogens is 219 g/mol. The highest BCUT2D eigenvalue weighted by Crippen LogP contribution is 2.25. The average molecular weight is 233 g/mol. The molecule has 0 fully saturated rings. The van der Waals surface area contributed by atoms with Crippen LogP contribution in [0.5, 0.6) is 0 Å². The van der Waals surface area contributed by atoms with Crippen molar-refractivity contribution in [3.63, 3.8) is 0 Å². The van der Waals surface area contributed by atoms with E-state index in [2.05, 4.69) is 4.98 Å². The standard InChI is InChI=1S/C10H14F3N3/c1-3-16(6-10(11,12)13)9-8(14)5-4-7(2)15-9/h4-5H,3,6,14H2,1-2H3. The molecule has 3 nitrogen and oxygen atoms in total. The molecule has 1 aromatic rings. The highest BCUT2D eigenvalue weighted by Gasteiger charge is 2.31. The average Bonchev–Trinajstić information content (AvgIpc) is 2.17. The third-order valence-electron chi connectivity index (χ3n) is 2.10. The number of aromatic nitrogens is 1. The monoisotopic (exact) mass is 233 g/mol. The maximum Gasteiger partial charge on any atom is 0.405 e. The van der Waals surface area contributed by atoms with E-state index in [1.165, 1.54) is 0 Å². The maximum absolute atomic E-state index is 12.3. The van der Waals surface area contributed by atoms with Crippen LogP contribution in [-0.2, 0) is 0 Å². The first-order valence-corrected chi connectivity index (χ1v) is 4.88. The molecule has 0 unspecified atom stereocenters. The lowest BCUT2D eigenvalue weighted by atomic mass is 10.3. The molecule has 0 bridgehead atoms. The number of alkyl halides is 3. The first kappa shape index (κ1) is 12.6. The van der Waals surface area contributed by atoms with Gasteiger partial charge in [0.25, 0.3) is 0 Å². The molecule has 0 saturated heterocycles. The Balaban J connectivity index is 2.99. The number of nitrogen functional groups attached to an aromatic ring is 1. The molecule has 1 aromatic heterocycles. The van der Waals surface area contributed by atoms with Crippen LogP contribution in [0.1, 0.15) is 12.6 Å². The second-order valence-corrected chi connectivity index (χ2v) is 3.49. The lowest BCUT2D eigenvalue weighted by molar-refractivity contribution is -0.119. The molecule has 0 atom stereocenters. The highest BCUT2D eigenvalue weighted by atomic mass is 19.4. The molecule has 0 amide bonds. The number of hydrogen-bond donors (Lipinski definition) is 1. The molecule has 16 heavy (non-hydrogen) atoms. The first-order chi connectivity index (χ1) is 7.33. The number of hydrogen-bond acceptors (Lipinski definition) is 3. The summed E-state index contributed by atoms with van der Waals surface area (Å²) in [4.78, 5) is 5.14. The molecule has 0 radical (unpaired) electrons. The predicted molar refractivity (Wildman–Crippen MR) is 57.3 cm³/mol. The zero-order chi connectivity index (χ0) is 12.3. The summed E-state index contributed by atoms with van der Waals surface area (Å²) in [6, 6.07) is 3.23. The second kappa shape index (κ2) is 4.59. The highest BCUT2D eigenvalue weighted by molar-refractivity contribution is 5.62. The molecule has 0 aliphatic carbocycles. The third kappa shape index (κ3) is 3.29. The van der Waals surface area contributed by atoms with Crippen molar-refractivity contribution >= 4 is 11.5 Å². The smallest absolute Gasteiger partial charge is 0.396 e. The molecule has 0 saturated carbocycles. The summed E-state index contributed by atoms with van der Waals surface area (Å²) in [5, 5.41) is 0. The van der Waals surface area contributed by atoms with E-state index in [0.717, 1.165) is 4.90 Å². The van der Waals surface area contributed by atoms with E-state index in [-0.39, 0.29) is 18.1 Å². The summed E-state index contributed by atoms with van der Waals surface area (Å²) in [5.74, 6) is 0.194. The Morgan fingerprint density at radius 1 is 1.38 bits per heavy atom. The van der Waals surface area contributed by atoms with Gasteiger partial charge in [0.2, 0.25) is 0 Å². The minimum absolute atomic E-state index is 0.194. The zero-order valence-electron chi connectivity index (χ0n) is 9.17. The number of nitrogens with two attached hydrogens (primary N) is 1. The zero-order valence-corrected chi connectivity index (χ0v) is 9.17. The Morgan fingerprint density at radius 3 is 2.50 bits per heavy atom. The van der Waals surface area contributed by atoms with Gasteiger partial charge in [0.05, 0.1) is 5.69 Å². The van der Waals surface area contributed by atoms with Crippen LogP contribution in [0.25, 0.3) is 0 Å². The number of rotatable bonds is 3. The number of aryl methyl sites for hydroxylation is 1. The van der Waals surface area contributed by atoms with Gasteiger partial charge >= 0.3 is 6.18 Å². The minimum Gasteiger partial charge on any atom is -0.396 e. The van der Waals surface area contributed by atoms with Crippen molar-refractivity contribution in [3.05, 3.63) is 17.8 Å². The van der Waals surface area contributed by atoms with E-state index in [0.29, 0.717) is 5.69 Å². The first-order valence-electron chi connectivity index (χ1n) is 4.88. The fourth-order valence-electron chi connectivity index (χ4n) is 1.36. The summed E-state index contributed by atoms with van der Waals surface area (Å²) >= 11 is 0. The summed E-state index contributed by atoms with van der Waals surface area (Å²) in [5.41, 5.74) is 6.52. The minimum atomic E-state index is -4.26. The van der Waals surface area contributed by atoms with Crippen LogP contribution < -0.4 is 10.6 Å². The number of nitrogens with zero attached hydrogens (tertiary/aromatic N) is 2. The van der Waals surface area contributed by atoms with Gasteiger partial charge in [0, 0.05) is 12.2 Å². The van der Waals surface area contributed by atoms with Crippen LogP contribution >= 0.6 is 0 Å². The van der Waals surface area contributed by atoms with Gasteiger partial charge in [-0.25, -0.2) is 4.98 Å². The maximum atomic E-state index is 12.3. The largest absolute Gasteiger partial charge is 0.405 e. The van der Waals surface area contributed by atoms with Crippen molar-refractivity contribution in [2.75, 3.05) is 23.7 Å². The Hall–Kier alpha value is -1.46. The van der Waals surface area contributed by atoms with Crippen LogP contribution in [0.3, 0.4) is 0 Å². The Kier molecular flexibility index (Phi) is 3.62. The van der Waals surface area contributed by atoms with Gasteiger partial charge in [-0.2, -0.15) is 13.2 Å². The molecule has 0 aromatic carbocycles. The van der Waals surface area contributed by atoms with Crippen molar-refractivity contribution in [2.24, 2.45) is 0 Å². The molecule has 2 N–H and O–H groups in total. The van der Waals surface area contributed by atoms with E-state index in [1.54, 1.807) is 26.0 Å². The SMILES string of the molecule is CCN(CC(F)(F)F)c1nc(C)ccc1N. The normalized spacial score (nSPS) is 11.6. The van der Waals surface area contributed by atoms with E-state index in [1.807, 2.05) is 0 Å². The van der Waals surface area contributed by atoms with Crippen molar-refractivity contribution in [2.45, 2.75) is 20.0 Å². The van der Waals surface area contributed by atoms with Gasteiger partial charge in [-0.1, -0.05) is 0 Å². The van der Waals surface area contributed by atoms with Crippen LogP contribution in [0.15, 0.2) is 12.1 Å². The van der Waals surface area contributed by atoms with Gasteiger partial charge in [-0.15, -0.1) is 0 Å². The lowest BCUT2D eigenvalue weighted by Crippen LogP contribution is -2.35. The predicted octanol–water partition coefficient (Wildman–Crippen LogP) is 2.36.